The largest absolute Gasteiger partial charge is 0.368 e. The Bertz CT molecular complexity index is 820. The van der Waals surface area contributed by atoms with Crippen molar-refractivity contribution in [2.75, 3.05) is 36.8 Å². The molecule has 4 nitrogen and oxygen atoms in total. The third-order valence-electron chi connectivity index (χ3n) is 4.48. The number of hydrogen-bond donors (Lipinski definition) is 0. The molecule has 1 aliphatic heterocycles. The van der Waals surface area contributed by atoms with Crippen LogP contribution in [0.5, 0.6) is 0 Å². The molecule has 1 fully saturated rings. The number of carbonyl (C=O) groups is 1. The summed E-state index contributed by atoms with van der Waals surface area (Å²) < 4.78 is 39.1. The zero-order valence-electron chi connectivity index (χ0n) is 14.5. The van der Waals surface area contributed by atoms with Crippen molar-refractivity contribution < 1.29 is 17.8 Å². The number of carbonyl (C=O) groups excluding carboxylic acids is 1. The fourth-order valence-corrected chi connectivity index (χ4v) is 4.46. The van der Waals surface area contributed by atoms with Crippen molar-refractivity contribution in [1.82, 2.24) is 4.90 Å². The molecule has 2 aromatic carbocycles. The quantitative estimate of drug-likeness (QED) is 0.757. The minimum atomic E-state index is -1.54. The zero-order chi connectivity index (χ0) is 19.4. The molecule has 0 aliphatic carbocycles. The van der Waals surface area contributed by atoms with Gasteiger partial charge in [-0.2, -0.15) is 0 Å². The van der Waals surface area contributed by atoms with Gasteiger partial charge >= 0.3 is 0 Å². The van der Waals surface area contributed by atoms with Crippen LogP contribution in [0.1, 0.15) is 5.56 Å². The van der Waals surface area contributed by atoms with Crippen LogP contribution in [-0.2, 0) is 21.3 Å². The summed E-state index contributed by atoms with van der Waals surface area (Å²) in [5.74, 6) is -1.28. The average Bonchev–Trinajstić information content (AvgIpc) is 2.65. The van der Waals surface area contributed by atoms with Gasteiger partial charge < -0.3 is 9.80 Å². The van der Waals surface area contributed by atoms with Crippen molar-refractivity contribution in [3.63, 3.8) is 0 Å². The molecule has 0 aromatic heterocycles. The van der Waals surface area contributed by atoms with Crippen molar-refractivity contribution in [2.45, 2.75) is 5.75 Å². The smallest absolute Gasteiger partial charge is 0.235 e. The van der Waals surface area contributed by atoms with Gasteiger partial charge in [0.1, 0.15) is 17.4 Å². The molecule has 0 spiro atoms. The van der Waals surface area contributed by atoms with Crippen LogP contribution in [0.3, 0.4) is 0 Å². The molecule has 1 saturated heterocycles. The Kier molecular flexibility index (Phi) is 6.44. The molecular weight excluding hydrogens is 394 g/mol. The highest BCUT2D eigenvalue weighted by Gasteiger charge is 2.23. The van der Waals surface area contributed by atoms with Crippen LogP contribution < -0.4 is 4.90 Å². The minimum Gasteiger partial charge on any atom is -0.368 e. The first-order valence-corrected chi connectivity index (χ1v) is 10.4. The van der Waals surface area contributed by atoms with Crippen LogP contribution in [0.2, 0.25) is 5.02 Å². The minimum absolute atomic E-state index is 0.0905. The Balaban J connectivity index is 1.52. The number of benzene rings is 2. The molecule has 144 valence electrons. The lowest BCUT2D eigenvalue weighted by molar-refractivity contribution is -0.128. The Morgan fingerprint density at radius 1 is 1.04 bits per heavy atom. The first-order valence-electron chi connectivity index (χ1n) is 8.50. The fraction of sp³-hybridized carbons (Fsp3) is 0.316. The second kappa shape index (κ2) is 8.80. The molecule has 1 aliphatic rings. The second-order valence-corrected chi connectivity index (χ2v) is 8.14. The molecule has 27 heavy (non-hydrogen) atoms. The van der Waals surface area contributed by atoms with Crippen molar-refractivity contribution >= 4 is 34.0 Å². The average molecular weight is 413 g/mol. The molecule has 2 aromatic rings. The summed E-state index contributed by atoms with van der Waals surface area (Å²) in [6.07, 6.45) is 0. The topological polar surface area (TPSA) is 40.6 Å². The maximum Gasteiger partial charge on any atom is 0.235 e. The van der Waals surface area contributed by atoms with Crippen molar-refractivity contribution in [3.8, 4) is 0 Å². The van der Waals surface area contributed by atoms with Gasteiger partial charge in [0.15, 0.2) is 0 Å². The van der Waals surface area contributed by atoms with Crippen LogP contribution in [0.4, 0.5) is 14.5 Å². The molecule has 1 amide bonds. The van der Waals surface area contributed by atoms with Gasteiger partial charge in [-0.15, -0.1) is 0 Å². The van der Waals surface area contributed by atoms with Crippen LogP contribution in [-0.4, -0.2) is 46.9 Å². The van der Waals surface area contributed by atoms with E-state index < -0.39 is 16.6 Å². The maximum atomic E-state index is 13.8. The van der Waals surface area contributed by atoms with E-state index in [1.807, 2.05) is 0 Å². The molecule has 1 heterocycles. The highest BCUT2D eigenvalue weighted by atomic mass is 35.5. The van der Waals surface area contributed by atoms with Crippen LogP contribution in [0.15, 0.2) is 42.5 Å². The lowest BCUT2D eigenvalue weighted by atomic mass is 10.2. The van der Waals surface area contributed by atoms with Gasteiger partial charge in [-0.05, 0) is 36.4 Å². The summed E-state index contributed by atoms with van der Waals surface area (Å²) in [6, 6.07) is 10.5. The SMILES string of the molecule is O=C(CS(=O)Cc1c(F)cccc1Cl)N1CCN(c2ccc(F)cc2)CC1. The van der Waals surface area contributed by atoms with Crippen molar-refractivity contribution in [2.24, 2.45) is 0 Å². The zero-order valence-corrected chi connectivity index (χ0v) is 16.1. The van der Waals surface area contributed by atoms with Gasteiger partial charge in [0.25, 0.3) is 0 Å². The number of rotatable bonds is 5. The lowest BCUT2D eigenvalue weighted by Crippen LogP contribution is -2.50. The molecule has 8 heteroatoms. The summed E-state index contributed by atoms with van der Waals surface area (Å²) in [4.78, 5) is 16.1. The van der Waals surface area contributed by atoms with Crippen molar-refractivity contribution in [3.05, 3.63) is 64.7 Å². The molecule has 0 radical (unpaired) electrons. The number of amides is 1. The summed E-state index contributed by atoms with van der Waals surface area (Å²) in [6.45, 7) is 2.22. The number of piperazine rings is 1. The monoisotopic (exact) mass is 412 g/mol. The summed E-state index contributed by atoms with van der Waals surface area (Å²) in [5, 5.41) is 0.212. The summed E-state index contributed by atoms with van der Waals surface area (Å²) >= 11 is 5.94. The van der Waals surface area contributed by atoms with Crippen LogP contribution in [0, 0.1) is 11.6 Å². The van der Waals surface area contributed by atoms with E-state index in [1.165, 1.54) is 30.3 Å². The van der Waals surface area contributed by atoms with Crippen LogP contribution in [0.25, 0.3) is 0 Å². The first-order chi connectivity index (χ1) is 12.9. The van der Waals surface area contributed by atoms with Crippen molar-refractivity contribution in [1.29, 1.82) is 0 Å². The number of anilines is 1. The Labute approximate surface area is 164 Å². The normalized spacial score (nSPS) is 15.7. The van der Waals surface area contributed by atoms with Crippen LogP contribution >= 0.6 is 11.6 Å². The second-order valence-electron chi connectivity index (χ2n) is 6.27. The van der Waals surface area contributed by atoms with E-state index in [4.69, 9.17) is 11.6 Å². The molecule has 0 saturated carbocycles. The summed E-state index contributed by atoms with van der Waals surface area (Å²) in [7, 11) is -1.54. The number of halogens is 3. The van der Waals surface area contributed by atoms with Gasteiger partial charge in [0.05, 0.1) is 5.75 Å². The predicted molar refractivity (Wildman–Crippen MR) is 103 cm³/mol. The predicted octanol–water partition coefficient (Wildman–Crippen LogP) is 3.22. The number of hydrogen-bond acceptors (Lipinski definition) is 3. The molecular formula is C19H19ClF2N2O2S. The van der Waals surface area contributed by atoms with E-state index >= 15 is 0 Å². The third kappa shape index (κ3) is 5.05. The van der Waals surface area contributed by atoms with E-state index in [2.05, 4.69) is 4.90 Å². The first kappa shape index (κ1) is 19.8. The molecule has 0 bridgehead atoms. The number of nitrogens with zero attached hydrogens (tertiary/aromatic N) is 2. The molecule has 1 unspecified atom stereocenters. The molecule has 3 rings (SSSR count). The maximum absolute atomic E-state index is 13.8. The fourth-order valence-electron chi connectivity index (χ4n) is 2.98. The van der Waals surface area contributed by atoms with E-state index in [0.717, 1.165) is 5.69 Å². The van der Waals surface area contributed by atoms with E-state index in [-0.39, 0.29) is 33.8 Å². The Morgan fingerprint density at radius 2 is 1.70 bits per heavy atom. The summed E-state index contributed by atoms with van der Waals surface area (Å²) in [5.41, 5.74) is 1.08. The standard InChI is InChI=1S/C19H19ClF2N2O2S/c20-17-2-1-3-18(22)16(17)12-27(26)13-19(25)24-10-8-23(9-11-24)15-6-4-14(21)5-7-15/h1-7H,8-13H2. The van der Waals surface area contributed by atoms with Gasteiger partial charge in [0.2, 0.25) is 5.91 Å². The Morgan fingerprint density at radius 3 is 2.33 bits per heavy atom. The third-order valence-corrected chi connectivity index (χ3v) is 6.01. The highest BCUT2D eigenvalue weighted by Crippen LogP contribution is 2.21. The van der Waals surface area contributed by atoms with E-state index in [1.54, 1.807) is 17.0 Å². The molecule has 0 N–H and O–H groups in total. The van der Waals surface area contributed by atoms with Gasteiger partial charge in [0, 0.05) is 53.3 Å². The Hall–Kier alpha value is -1.99. The van der Waals surface area contributed by atoms with Gasteiger partial charge in [-0.25, -0.2) is 8.78 Å². The van der Waals surface area contributed by atoms with Gasteiger partial charge in [-0.1, -0.05) is 17.7 Å². The van der Waals surface area contributed by atoms with E-state index in [0.29, 0.717) is 26.2 Å². The van der Waals surface area contributed by atoms with Gasteiger partial charge in [-0.3, -0.25) is 9.00 Å². The van der Waals surface area contributed by atoms with E-state index in [9.17, 15) is 17.8 Å². The molecule has 1 atom stereocenters. The lowest BCUT2D eigenvalue weighted by Gasteiger charge is -2.36. The highest BCUT2D eigenvalue weighted by molar-refractivity contribution is 7.84.